The number of hydrogen-bond acceptors (Lipinski definition) is 6. The summed E-state index contributed by atoms with van der Waals surface area (Å²) in [6.07, 6.45) is 15.9. The van der Waals surface area contributed by atoms with E-state index in [-0.39, 0.29) is 17.9 Å². The average molecular weight is 524 g/mol. The molecule has 5 atom stereocenters. The Bertz CT molecular complexity index is 1020. The minimum atomic E-state index is 0.0765. The molecular weight excluding hydrogens is 478 g/mol. The van der Waals surface area contributed by atoms with Gasteiger partial charge < -0.3 is 5.32 Å². The van der Waals surface area contributed by atoms with Crippen molar-refractivity contribution in [3.05, 3.63) is 28.2 Å². The lowest BCUT2D eigenvalue weighted by Gasteiger charge is -2.53. The van der Waals surface area contributed by atoms with Crippen molar-refractivity contribution in [2.24, 2.45) is 33.9 Å². The molecule has 202 valence electrons. The van der Waals surface area contributed by atoms with Gasteiger partial charge in [0.05, 0.1) is 17.3 Å². The van der Waals surface area contributed by atoms with E-state index in [0.717, 1.165) is 43.9 Å². The molecule has 0 bridgehead atoms. The van der Waals surface area contributed by atoms with Gasteiger partial charge in [0.2, 0.25) is 5.91 Å². The molecule has 1 N–H and O–H groups in total. The van der Waals surface area contributed by atoms with E-state index in [4.69, 9.17) is 0 Å². The highest BCUT2D eigenvalue weighted by Gasteiger charge is 2.51. The molecule has 1 aromatic heterocycles. The summed E-state index contributed by atoms with van der Waals surface area (Å²) in [5.74, 6) is 2.32. The molecule has 1 saturated heterocycles. The number of rotatable bonds is 9. The van der Waals surface area contributed by atoms with Crippen LogP contribution in [0.4, 0.5) is 0 Å². The largest absolute Gasteiger partial charge is 0.348 e. The molecule has 4 aliphatic rings. The fraction of sp³-hybridized carbons (Fsp3) is 0.733. The highest BCUT2D eigenvalue weighted by atomic mass is 32.1. The van der Waals surface area contributed by atoms with Gasteiger partial charge in [-0.3, -0.25) is 14.7 Å². The predicted molar refractivity (Wildman–Crippen MR) is 153 cm³/mol. The van der Waals surface area contributed by atoms with Crippen molar-refractivity contribution in [1.82, 2.24) is 15.2 Å². The number of likely N-dealkylation sites (tertiary alicyclic amines) is 1. The van der Waals surface area contributed by atoms with Crippen molar-refractivity contribution in [1.29, 1.82) is 0 Å². The molecule has 0 aromatic carbocycles. The Morgan fingerprint density at radius 1 is 1.22 bits per heavy atom. The van der Waals surface area contributed by atoms with Gasteiger partial charge in [0.1, 0.15) is 0 Å². The molecule has 1 amide bonds. The molecule has 6 nitrogen and oxygen atoms in total. The van der Waals surface area contributed by atoms with Gasteiger partial charge in [-0.2, -0.15) is 10.2 Å². The van der Waals surface area contributed by atoms with Gasteiger partial charge >= 0.3 is 0 Å². The number of nitrogens with zero attached hydrogens (tertiary/aromatic N) is 4. The topological polar surface area (TPSA) is 70.0 Å². The van der Waals surface area contributed by atoms with Crippen LogP contribution in [0.2, 0.25) is 0 Å². The van der Waals surface area contributed by atoms with Gasteiger partial charge in [-0.05, 0) is 68.8 Å². The second-order valence-electron chi connectivity index (χ2n) is 12.1. The molecule has 2 aliphatic heterocycles. The highest BCUT2D eigenvalue weighted by molar-refractivity contribution is 7.09. The number of fused-ring (bicyclic) bond motifs is 1. The Morgan fingerprint density at radius 2 is 2.03 bits per heavy atom. The number of nitrogens with one attached hydrogen (secondary N) is 1. The smallest absolute Gasteiger partial charge is 0.223 e. The second kappa shape index (κ2) is 11.9. The first-order valence-electron chi connectivity index (χ1n) is 14.7. The van der Waals surface area contributed by atoms with Crippen LogP contribution in [0.15, 0.2) is 33.6 Å². The molecule has 5 rings (SSSR count). The third-order valence-electron chi connectivity index (χ3n) is 9.41. The number of aromatic nitrogens is 1. The fourth-order valence-corrected chi connectivity index (χ4v) is 7.95. The summed E-state index contributed by atoms with van der Waals surface area (Å²) in [6, 6.07) is 1.41. The van der Waals surface area contributed by atoms with Crippen molar-refractivity contribution in [2.45, 2.75) is 110 Å². The zero-order valence-corrected chi connectivity index (χ0v) is 24.0. The summed E-state index contributed by atoms with van der Waals surface area (Å²) in [5, 5.41) is 12.4. The maximum atomic E-state index is 13.1. The first-order valence-corrected chi connectivity index (χ1v) is 15.6. The van der Waals surface area contributed by atoms with Crippen molar-refractivity contribution >= 4 is 28.7 Å². The molecule has 4 unspecified atom stereocenters. The highest BCUT2D eigenvalue weighted by Crippen LogP contribution is 2.49. The number of carbonyl (C=O) groups is 1. The summed E-state index contributed by atoms with van der Waals surface area (Å²) >= 11 is 1.67. The molecule has 7 heteroatoms. The Morgan fingerprint density at radius 3 is 2.73 bits per heavy atom. The van der Waals surface area contributed by atoms with Gasteiger partial charge in [-0.1, -0.05) is 46.1 Å². The summed E-state index contributed by atoms with van der Waals surface area (Å²) < 4.78 is 0. The second-order valence-corrected chi connectivity index (χ2v) is 13.0. The van der Waals surface area contributed by atoms with Crippen LogP contribution >= 0.6 is 11.3 Å². The Balaban J connectivity index is 1.21. The molecule has 1 aromatic rings. The SMILES string of the molecule is CCC1C2CC(/C=C3/CC(C(C)C)=NN=C3C)CC2N1CC[C@H](NC(=O)C1CCCCC1)c1cncs1. The Labute approximate surface area is 227 Å². The first-order chi connectivity index (χ1) is 17.9. The summed E-state index contributed by atoms with van der Waals surface area (Å²) in [6.45, 7) is 9.92. The molecule has 3 heterocycles. The molecular formula is C30H45N5OS. The molecule has 2 aliphatic carbocycles. The Kier molecular flexibility index (Phi) is 8.60. The quantitative estimate of drug-likeness (QED) is 0.398. The van der Waals surface area contributed by atoms with Crippen molar-refractivity contribution in [2.75, 3.05) is 6.54 Å². The maximum Gasteiger partial charge on any atom is 0.223 e. The average Bonchev–Trinajstić information content (AvgIpc) is 3.55. The van der Waals surface area contributed by atoms with Crippen LogP contribution in [0.3, 0.4) is 0 Å². The minimum absolute atomic E-state index is 0.0765. The lowest BCUT2D eigenvalue weighted by molar-refractivity contribution is -0.126. The normalized spacial score (nSPS) is 30.6. The van der Waals surface area contributed by atoms with Gasteiger partial charge in [0.15, 0.2) is 0 Å². The predicted octanol–water partition coefficient (Wildman–Crippen LogP) is 6.56. The number of carbonyl (C=O) groups excluding carboxylic acids is 1. The van der Waals surface area contributed by atoms with Gasteiger partial charge in [0.25, 0.3) is 0 Å². The van der Waals surface area contributed by atoms with Gasteiger partial charge in [0, 0.05) is 47.8 Å². The Hall–Kier alpha value is -1.86. The zero-order valence-electron chi connectivity index (χ0n) is 23.2. The van der Waals surface area contributed by atoms with E-state index in [9.17, 15) is 4.79 Å². The molecule has 37 heavy (non-hydrogen) atoms. The maximum absolute atomic E-state index is 13.1. The first kappa shape index (κ1) is 26.7. The molecule has 3 fully saturated rings. The van der Waals surface area contributed by atoms with Gasteiger partial charge in [-0.25, -0.2) is 0 Å². The summed E-state index contributed by atoms with van der Waals surface area (Å²) in [7, 11) is 0. The third-order valence-corrected chi connectivity index (χ3v) is 10.3. The lowest BCUT2D eigenvalue weighted by Crippen LogP contribution is -2.61. The minimum Gasteiger partial charge on any atom is -0.348 e. The molecule has 0 radical (unpaired) electrons. The van der Waals surface area contributed by atoms with E-state index in [0.29, 0.717) is 23.9 Å². The van der Waals surface area contributed by atoms with E-state index in [1.807, 2.05) is 11.7 Å². The summed E-state index contributed by atoms with van der Waals surface area (Å²) in [5.41, 5.74) is 5.58. The van der Waals surface area contributed by atoms with Crippen LogP contribution in [0, 0.1) is 23.7 Å². The molecule has 0 spiro atoms. The number of amides is 1. The van der Waals surface area contributed by atoms with Crippen LogP contribution in [-0.4, -0.2) is 45.8 Å². The van der Waals surface area contributed by atoms with E-state index >= 15 is 0 Å². The van der Waals surface area contributed by atoms with Crippen molar-refractivity contribution < 1.29 is 4.79 Å². The zero-order chi connectivity index (χ0) is 25.9. The standard InChI is InChI=1S/C30H45N5OS/c1-5-27-24-14-21(13-23-16-26(19(2)3)34-33-20(23)4)15-28(24)35(27)12-11-25(29-17-31-18-37-29)32-30(36)22-9-7-6-8-10-22/h13,17-19,21-22,24-25,27-28H,5-12,14-16H2,1-4H3,(H,32,36)/b23-13-/t21?,24?,25-,27?,28?/m0/s1. The van der Waals surface area contributed by atoms with Crippen LogP contribution in [-0.2, 0) is 4.79 Å². The summed E-state index contributed by atoms with van der Waals surface area (Å²) in [4.78, 5) is 21.4. The number of hydrogen-bond donors (Lipinski definition) is 1. The van der Waals surface area contributed by atoms with E-state index in [1.54, 1.807) is 11.3 Å². The van der Waals surface area contributed by atoms with E-state index < -0.39 is 0 Å². The van der Waals surface area contributed by atoms with Gasteiger partial charge in [-0.15, -0.1) is 11.3 Å². The van der Waals surface area contributed by atoms with Crippen molar-refractivity contribution in [3.8, 4) is 0 Å². The van der Waals surface area contributed by atoms with E-state index in [1.165, 1.54) is 54.7 Å². The van der Waals surface area contributed by atoms with Crippen molar-refractivity contribution in [3.63, 3.8) is 0 Å². The van der Waals surface area contributed by atoms with Crippen LogP contribution in [0.5, 0.6) is 0 Å². The van der Waals surface area contributed by atoms with E-state index in [2.05, 4.69) is 59.2 Å². The fourth-order valence-electron chi connectivity index (χ4n) is 7.24. The lowest BCUT2D eigenvalue weighted by atomic mass is 9.80. The number of thiazole rings is 1. The van der Waals surface area contributed by atoms with Crippen LogP contribution in [0.1, 0.15) is 103 Å². The molecule has 2 saturated carbocycles. The van der Waals surface area contributed by atoms with Crippen LogP contribution in [0.25, 0.3) is 0 Å². The number of allylic oxidation sites excluding steroid dienone is 2. The van der Waals surface area contributed by atoms with Crippen LogP contribution < -0.4 is 5.32 Å². The third kappa shape index (κ3) is 5.93. The monoisotopic (exact) mass is 523 g/mol.